The van der Waals surface area contributed by atoms with Gasteiger partial charge in [-0.05, 0) is 61.7 Å². The van der Waals surface area contributed by atoms with Gasteiger partial charge in [-0.15, -0.1) is 0 Å². The van der Waals surface area contributed by atoms with Gasteiger partial charge in [-0.1, -0.05) is 42.5 Å². The molecule has 4 N–H and O–H groups in total. The number of rotatable bonds is 15. The second-order valence-electron chi connectivity index (χ2n) is 11.7. The van der Waals surface area contributed by atoms with Gasteiger partial charge in [-0.2, -0.15) is 0 Å². The van der Waals surface area contributed by atoms with Crippen LogP contribution < -0.4 is 25.0 Å². The number of aliphatic hydroxyl groups is 1. The van der Waals surface area contributed by atoms with Crippen LogP contribution in [-0.2, 0) is 23.0 Å². The minimum atomic E-state index is -3.73. The lowest BCUT2D eigenvalue weighted by Gasteiger charge is -2.25. The quantitative estimate of drug-likeness (QED) is 0.147. The molecule has 4 aromatic rings. The average molecular weight is 678 g/mol. The van der Waals surface area contributed by atoms with E-state index in [-0.39, 0.29) is 23.4 Å². The number of hydrogen-bond acceptors (Lipinski definition) is 9. The van der Waals surface area contributed by atoms with Gasteiger partial charge in [0.15, 0.2) is 5.89 Å². The van der Waals surface area contributed by atoms with Crippen LogP contribution in [-0.4, -0.2) is 69.4 Å². The maximum atomic E-state index is 13.8. The number of benzene rings is 3. The van der Waals surface area contributed by atoms with Crippen LogP contribution in [0.5, 0.6) is 5.75 Å². The lowest BCUT2D eigenvalue weighted by molar-refractivity contribution is 0.0830. The number of aryl methyl sites for hydroxylation is 2. The van der Waals surface area contributed by atoms with E-state index in [4.69, 9.17) is 9.15 Å². The molecule has 1 heterocycles. The molecule has 0 bridgehead atoms. The van der Waals surface area contributed by atoms with E-state index in [0.29, 0.717) is 30.3 Å². The number of sulfonamides is 1. The van der Waals surface area contributed by atoms with Crippen LogP contribution in [0, 0.1) is 13.8 Å². The van der Waals surface area contributed by atoms with Gasteiger partial charge in [0.05, 0.1) is 37.2 Å². The van der Waals surface area contributed by atoms with Crippen molar-refractivity contribution in [2.24, 2.45) is 0 Å². The molecule has 48 heavy (non-hydrogen) atoms. The third-order valence-corrected chi connectivity index (χ3v) is 9.10. The SMILES string of the molecule is COc1cccc(CNC[C@@H](O)[C@H](Cc2ccccc2)NC(=O)c2cc(C(=O)NC(C)c3nc(C)oc3C)cc(N(C)S(C)(=O)=O)c2)c1. The number of nitrogens with one attached hydrogen (secondary N) is 3. The van der Waals surface area contributed by atoms with Gasteiger partial charge in [-0.25, -0.2) is 13.4 Å². The summed E-state index contributed by atoms with van der Waals surface area (Å²) in [6, 6.07) is 19.9. The van der Waals surface area contributed by atoms with Crippen LogP contribution >= 0.6 is 0 Å². The highest BCUT2D eigenvalue weighted by molar-refractivity contribution is 7.92. The standard InChI is InChI=1S/C35H43N5O7S/c1-22(33-23(2)47-24(3)38-33)37-34(42)27-17-28(19-29(18-27)40(4)48(6,44)45)35(43)39-31(16-25-11-8-7-9-12-25)32(41)21-36-20-26-13-10-14-30(15-26)46-5/h7-15,17-19,22,31-32,36,41H,16,20-21H2,1-6H3,(H,37,42)(H,39,43)/t22?,31-,32+/m0/s1. The first-order valence-corrected chi connectivity index (χ1v) is 17.3. The maximum absolute atomic E-state index is 13.8. The van der Waals surface area contributed by atoms with E-state index < -0.39 is 40.0 Å². The van der Waals surface area contributed by atoms with Crippen molar-refractivity contribution in [1.82, 2.24) is 20.9 Å². The van der Waals surface area contributed by atoms with Crippen molar-refractivity contribution in [2.75, 3.05) is 31.3 Å². The Balaban J connectivity index is 1.58. The van der Waals surface area contributed by atoms with Gasteiger partial charge in [0.25, 0.3) is 11.8 Å². The molecule has 3 aromatic carbocycles. The predicted octanol–water partition coefficient (Wildman–Crippen LogP) is 3.68. The number of nitrogens with zero attached hydrogens (tertiary/aromatic N) is 2. The molecule has 2 amide bonds. The Morgan fingerprint density at radius 3 is 2.21 bits per heavy atom. The number of oxazole rings is 1. The molecule has 0 saturated heterocycles. The normalized spacial score (nSPS) is 13.3. The maximum Gasteiger partial charge on any atom is 0.251 e. The fourth-order valence-electron chi connectivity index (χ4n) is 5.23. The summed E-state index contributed by atoms with van der Waals surface area (Å²) in [6.07, 6.45) is 0.348. The number of hydrogen-bond donors (Lipinski definition) is 4. The highest BCUT2D eigenvalue weighted by Gasteiger charge is 2.25. The van der Waals surface area contributed by atoms with Crippen molar-refractivity contribution in [2.45, 2.75) is 51.9 Å². The molecule has 256 valence electrons. The van der Waals surface area contributed by atoms with Crippen LogP contribution in [0.25, 0.3) is 0 Å². The fourth-order valence-corrected chi connectivity index (χ4v) is 5.72. The largest absolute Gasteiger partial charge is 0.497 e. The van der Waals surface area contributed by atoms with Gasteiger partial charge in [0.1, 0.15) is 17.2 Å². The zero-order chi connectivity index (χ0) is 35.0. The van der Waals surface area contributed by atoms with E-state index in [0.717, 1.165) is 27.4 Å². The van der Waals surface area contributed by atoms with Crippen molar-refractivity contribution in [3.8, 4) is 5.75 Å². The van der Waals surface area contributed by atoms with Crippen LogP contribution in [0.15, 0.2) is 77.2 Å². The Labute approximate surface area is 281 Å². The van der Waals surface area contributed by atoms with Crippen molar-refractivity contribution in [1.29, 1.82) is 0 Å². The summed E-state index contributed by atoms with van der Waals surface area (Å²) < 4.78 is 36.7. The molecule has 1 unspecified atom stereocenters. The van der Waals surface area contributed by atoms with Crippen LogP contribution in [0.4, 0.5) is 5.69 Å². The number of anilines is 1. The number of aliphatic hydroxyl groups excluding tert-OH is 1. The minimum Gasteiger partial charge on any atom is -0.497 e. The number of carbonyl (C=O) groups excluding carboxylic acids is 2. The van der Waals surface area contributed by atoms with Crippen molar-refractivity contribution in [3.05, 3.63) is 112 Å². The monoisotopic (exact) mass is 677 g/mol. The van der Waals surface area contributed by atoms with Crippen molar-refractivity contribution < 1.29 is 32.3 Å². The Kier molecular flexibility index (Phi) is 12.0. The summed E-state index contributed by atoms with van der Waals surface area (Å²) in [4.78, 5) is 31.6. The molecule has 0 fully saturated rings. The van der Waals surface area contributed by atoms with Crippen molar-refractivity contribution in [3.63, 3.8) is 0 Å². The summed E-state index contributed by atoms with van der Waals surface area (Å²) in [5.41, 5.74) is 2.65. The zero-order valence-corrected chi connectivity index (χ0v) is 28.8. The number of methoxy groups -OCH3 is 1. The molecular formula is C35H43N5O7S. The third-order valence-electron chi connectivity index (χ3n) is 7.90. The predicted molar refractivity (Wildman–Crippen MR) is 184 cm³/mol. The first kappa shape index (κ1) is 36.1. The summed E-state index contributed by atoms with van der Waals surface area (Å²) in [5, 5.41) is 20.3. The minimum absolute atomic E-state index is 0.0452. The highest BCUT2D eigenvalue weighted by Crippen LogP contribution is 2.23. The molecule has 0 spiro atoms. The summed E-state index contributed by atoms with van der Waals surface area (Å²) >= 11 is 0. The second kappa shape index (κ2) is 15.9. The first-order chi connectivity index (χ1) is 22.7. The molecule has 1 aromatic heterocycles. The molecule has 4 rings (SSSR count). The van der Waals surface area contributed by atoms with E-state index in [1.165, 1.54) is 25.2 Å². The molecule has 0 aliphatic carbocycles. The van der Waals surface area contributed by atoms with E-state index in [2.05, 4.69) is 20.9 Å². The van der Waals surface area contributed by atoms with Gasteiger partial charge in [0, 0.05) is 38.2 Å². The Hall–Kier alpha value is -4.72. The first-order valence-electron chi connectivity index (χ1n) is 15.5. The number of ether oxygens (including phenoxy) is 1. The molecule has 0 saturated carbocycles. The highest BCUT2D eigenvalue weighted by atomic mass is 32.2. The van der Waals surface area contributed by atoms with Crippen LogP contribution in [0.3, 0.4) is 0 Å². The number of carbonyl (C=O) groups is 2. The molecule has 0 aliphatic heterocycles. The molecule has 12 nitrogen and oxygen atoms in total. The van der Waals surface area contributed by atoms with Crippen LogP contribution in [0.2, 0.25) is 0 Å². The fraction of sp³-hybridized carbons (Fsp3) is 0.343. The topological polar surface area (TPSA) is 163 Å². The molecule has 0 aliphatic rings. The lowest BCUT2D eigenvalue weighted by atomic mass is 10.00. The lowest BCUT2D eigenvalue weighted by Crippen LogP contribution is -2.48. The molecular weight excluding hydrogens is 634 g/mol. The second-order valence-corrected chi connectivity index (χ2v) is 13.7. The Morgan fingerprint density at radius 1 is 0.958 bits per heavy atom. The number of aromatic nitrogens is 1. The van der Waals surface area contributed by atoms with Gasteiger partial charge >= 0.3 is 0 Å². The molecule has 0 radical (unpaired) electrons. The van der Waals surface area contributed by atoms with Gasteiger partial charge < -0.3 is 30.2 Å². The van der Waals surface area contributed by atoms with E-state index in [1.807, 2.05) is 54.6 Å². The van der Waals surface area contributed by atoms with E-state index in [9.17, 15) is 23.1 Å². The molecule has 13 heteroatoms. The Bertz CT molecular complexity index is 1830. The zero-order valence-electron chi connectivity index (χ0n) is 28.0. The van der Waals surface area contributed by atoms with Crippen molar-refractivity contribution >= 4 is 27.5 Å². The van der Waals surface area contributed by atoms with E-state index in [1.54, 1.807) is 27.9 Å². The van der Waals surface area contributed by atoms with Crippen LogP contribution in [0.1, 0.15) is 62.2 Å². The molecule has 3 atom stereocenters. The van der Waals surface area contributed by atoms with Gasteiger partial charge in [0.2, 0.25) is 10.0 Å². The summed E-state index contributed by atoms with van der Waals surface area (Å²) in [7, 11) is -0.796. The van der Waals surface area contributed by atoms with E-state index >= 15 is 0 Å². The summed E-state index contributed by atoms with van der Waals surface area (Å²) in [5.74, 6) is 0.618. The van der Waals surface area contributed by atoms with Gasteiger partial charge in [-0.3, -0.25) is 13.9 Å². The summed E-state index contributed by atoms with van der Waals surface area (Å²) in [6.45, 7) is 5.83. The third kappa shape index (κ3) is 9.66. The average Bonchev–Trinajstić information content (AvgIpc) is 3.41. The Morgan fingerprint density at radius 2 is 1.60 bits per heavy atom. The number of amides is 2. The smallest absolute Gasteiger partial charge is 0.251 e.